The van der Waals surface area contributed by atoms with Crippen molar-refractivity contribution in [2.45, 2.75) is 59.0 Å². The van der Waals surface area contributed by atoms with E-state index in [-0.39, 0.29) is 11.8 Å². The van der Waals surface area contributed by atoms with Gasteiger partial charge in [-0.05, 0) is 19.3 Å². The standard InChI is InChI=1S/C13H27N3O2/c1-5-6-7-11(14)13(18)16-10(4)12(17)15-8-9(2)3/h9-11H,5-8,14H2,1-4H3,(H,15,17)(H,16,18). The van der Waals surface area contributed by atoms with Crippen molar-refractivity contribution in [2.75, 3.05) is 6.54 Å². The molecular formula is C13H27N3O2. The van der Waals surface area contributed by atoms with Gasteiger partial charge in [0.05, 0.1) is 6.04 Å². The number of hydrogen-bond donors (Lipinski definition) is 3. The van der Waals surface area contributed by atoms with Crippen LogP contribution in [0.15, 0.2) is 0 Å². The van der Waals surface area contributed by atoms with Gasteiger partial charge < -0.3 is 16.4 Å². The molecule has 0 aromatic rings. The van der Waals surface area contributed by atoms with E-state index < -0.39 is 12.1 Å². The van der Waals surface area contributed by atoms with E-state index in [0.717, 1.165) is 12.8 Å². The number of nitrogens with one attached hydrogen (secondary N) is 2. The predicted octanol–water partition coefficient (Wildman–Crippen LogP) is 0.781. The lowest BCUT2D eigenvalue weighted by Crippen LogP contribution is -2.50. The lowest BCUT2D eigenvalue weighted by Gasteiger charge is -2.17. The maximum atomic E-state index is 11.7. The van der Waals surface area contributed by atoms with Gasteiger partial charge >= 0.3 is 0 Å². The number of carbonyl (C=O) groups is 2. The van der Waals surface area contributed by atoms with Crippen LogP contribution >= 0.6 is 0 Å². The molecule has 0 aromatic heterocycles. The number of rotatable bonds is 8. The summed E-state index contributed by atoms with van der Waals surface area (Å²) in [5.41, 5.74) is 5.73. The zero-order chi connectivity index (χ0) is 14.1. The molecule has 0 aliphatic rings. The average Bonchev–Trinajstić information content (AvgIpc) is 2.32. The van der Waals surface area contributed by atoms with E-state index in [1.807, 2.05) is 20.8 Å². The fraction of sp³-hybridized carbons (Fsp3) is 0.846. The van der Waals surface area contributed by atoms with Crippen LogP contribution in [-0.4, -0.2) is 30.4 Å². The highest BCUT2D eigenvalue weighted by molar-refractivity contribution is 5.89. The van der Waals surface area contributed by atoms with Gasteiger partial charge in [0.2, 0.25) is 11.8 Å². The van der Waals surface area contributed by atoms with E-state index in [1.165, 1.54) is 0 Å². The third kappa shape index (κ3) is 7.27. The van der Waals surface area contributed by atoms with Crippen molar-refractivity contribution >= 4 is 11.8 Å². The minimum Gasteiger partial charge on any atom is -0.354 e. The molecule has 0 aromatic carbocycles. The molecule has 0 spiro atoms. The summed E-state index contributed by atoms with van der Waals surface area (Å²) >= 11 is 0. The number of hydrogen-bond acceptors (Lipinski definition) is 3. The summed E-state index contributed by atoms with van der Waals surface area (Å²) in [6.45, 7) is 8.36. The van der Waals surface area contributed by atoms with Crippen LogP contribution in [0.5, 0.6) is 0 Å². The van der Waals surface area contributed by atoms with Gasteiger partial charge in [-0.1, -0.05) is 33.6 Å². The summed E-state index contributed by atoms with van der Waals surface area (Å²) in [7, 11) is 0. The van der Waals surface area contributed by atoms with E-state index in [1.54, 1.807) is 6.92 Å². The van der Waals surface area contributed by atoms with Crippen molar-refractivity contribution in [1.82, 2.24) is 10.6 Å². The van der Waals surface area contributed by atoms with Crippen molar-refractivity contribution < 1.29 is 9.59 Å². The fourth-order valence-electron chi connectivity index (χ4n) is 1.40. The van der Waals surface area contributed by atoms with Gasteiger partial charge in [-0.15, -0.1) is 0 Å². The predicted molar refractivity (Wildman–Crippen MR) is 73.0 cm³/mol. The normalized spacial score (nSPS) is 14.1. The number of nitrogens with two attached hydrogens (primary N) is 1. The van der Waals surface area contributed by atoms with Gasteiger partial charge in [0, 0.05) is 6.54 Å². The molecule has 5 heteroatoms. The van der Waals surface area contributed by atoms with Crippen LogP contribution in [0.4, 0.5) is 0 Å². The second kappa shape index (κ2) is 8.91. The van der Waals surface area contributed by atoms with Crippen molar-refractivity contribution in [3.8, 4) is 0 Å². The molecule has 5 nitrogen and oxygen atoms in total. The first kappa shape index (κ1) is 16.9. The highest BCUT2D eigenvalue weighted by Crippen LogP contribution is 1.98. The van der Waals surface area contributed by atoms with E-state index >= 15 is 0 Å². The molecule has 0 fully saturated rings. The maximum Gasteiger partial charge on any atom is 0.242 e. The average molecular weight is 257 g/mol. The largest absolute Gasteiger partial charge is 0.354 e. The van der Waals surface area contributed by atoms with E-state index in [0.29, 0.717) is 18.9 Å². The second-order valence-electron chi connectivity index (χ2n) is 5.12. The summed E-state index contributed by atoms with van der Waals surface area (Å²) in [4.78, 5) is 23.3. The smallest absolute Gasteiger partial charge is 0.242 e. The van der Waals surface area contributed by atoms with Crippen molar-refractivity contribution in [3.63, 3.8) is 0 Å². The number of amides is 2. The molecule has 0 radical (unpaired) electrons. The second-order valence-corrected chi connectivity index (χ2v) is 5.12. The fourth-order valence-corrected chi connectivity index (χ4v) is 1.40. The zero-order valence-electron chi connectivity index (χ0n) is 12.0. The van der Waals surface area contributed by atoms with E-state index in [2.05, 4.69) is 10.6 Å². The Morgan fingerprint density at radius 1 is 1.17 bits per heavy atom. The molecule has 106 valence electrons. The van der Waals surface area contributed by atoms with Crippen LogP contribution in [0.2, 0.25) is 0 Å². The van der Waals surface area contributed by atoms with Crippen LogP contribution in [0, 0.1) is 5.92 Å². The van der Waals surface area contributed by atoms with Crippen molar-refractivity contribution in [3.05, 3.63) is 0 Å². The molecule has 2 unspecified atom stereocenters. The molecule has 0 bridgehead atoms. The molecule has 0 heterocycles. The lowest BCUT2D eigenvalue weighted by molar-refractivity contribution is -0.129. The monoisotopic (exact) mass is 257 g/mol. The third-order valence-electron chi connectivity index (χ3n) is 2.64. The minimum absolute atomic E-state index is 0.167. The molecule has 2 atom stereocenters. The molecule has 0 aliphatic carbocycles. The Morgan fingerprint density at radius 2 is 1.78 bits per heavy atom. The van der Waals surface area contributed by atoms with Gasteiger partial charge in [0.1, 0.15) is 6.04 Å². The lowest BCUT2D eigenvalue weighted by atomic mass is 10.1. The quantitative estimate of drug-likeness (QED) is 0.601. The van der Waals surface area contributed by atoms with Crippen LogP contribution in [0.1, 0.15) is 47.0 Å². The molecule has 0 saturated carbocycles. The first-order valence-electron chi connectivity index (χ1n) is 6.72. The first-order chi connectivity index (χ1) is 8.38. The highest BCUT2D eigenvalue weighted by Gasteiger charge is 2.19. The van der Waals surface area contributed by atoms with Crippen molar-refractivity contribution in [1.29, 1.82) is 0 Å². The van der Waals surface area contributed by atoms with E-state index in [4.69, 9.17) is 5.73 Å². The first-order valence-corrected chi connectivity index (χ1v) is 6.72. The number of carbonyl (C=O) groups excluding carboxylic acids is 2. The van der Waals surface area contributed by atoms with Gasteiger partial charge in [0.25, 0.3) is 0 Å². The topological polar surface area (TPSA) is 84.2 Å². The summed E-state index contributed by atoms with van der Waals surface area (Å²) < 4.78 is 0. The van der Waals surface area contributed by atoms with Crippen LogP contribution < -0.4 is 16.4 Å². The Balaban J connectivity index is 4.01. The third-order valence-corrected chi connectivity index (χ3v) is 2.64. The van der Waals surface area contributed by atoms with Crippen LogP contribution in [0.3, 0.4) is 0 Å². The van der Waals surface area contributed by atoms with Crippen molar-refractivity contribution in [2.24, 2.45) is 11.7 Å². The Hall–Kier alpha value is -1.10. The maximum absolute atomic E-state index is 11.7. The Kier molecular flexibility index (Phi) is 8.37. The minimum atomic E-state index is -0.538. The summed E-state index contributed by atoms with van der Waals surface area (Å²) in [6.07, 6.45) is 2.58. The Bertz CT molecular complexity index is 267. The van der Waals surface area contributed by atoms with Gasteiger partial charge in [-0.25, -0.2) is 0 Å². The summed E-state index contributed by atoms with van der Waals surface area (Å²) in [6, 6.07) is -1.06. The van der Waals surface area contributed by atoms with Crippen LogP contribution in [-0.2, 0) is 9.59 Å². The molecular weight excluding hydrogens is 230 g/mol. The molecule has 2 amide bonds. The molecule has 0 saturated heterocycles. The van der Waals surface area contributed by atoms with Gasteiger partial charge in [0.15, 0.2) is 0 Å². The highest BCUT2D eigenvalue weighted by atomic mass is 16.2. The SMILES string of the molecule is CCCCC(N)C(=O)NC(C)C(=O)NCC(C)C. The van der Waals surface area contributed by atoms with Gasteiger partial charge in [-0.3, -0.25) is 9.59 Å². The molecule has 0 rings (SSSR count). The summed E-state index contributed by atoms with van der Waals surface area (Å²) in [5.74, 6) is -0.0287. The molecule has 18 heavy (non-hydrogen) atoms. The number of unbranched alkanes of at least 4 members (excludes halogenated alkanes) is 1. The molecule has 4 N–H and O–H groups in total. The molecule has 0 aliphatic heterocycles. The van der Waals surface area contributed by atoms with Gasteiger partial charge in [-0.2, -0.15) is 0 Å². The van der Waals surface area contributed by atoms with Crippen LogP contribution in [0.25, 0.3) is 0 Å². The summed E-state index contributed by atoms with van der Waals surface area (Å²) in [5, 5.41) is 5.41. The zero-order valence-corrected chi connectivity index (χ0v) is 12.0. The Labute approximate surface area is 110 Å². The Morgan fingerprint density at radius 3 is 2.28 bits per heavy atom. The van der Waals surface area contributed by atoms with E-state index in [9.17, 15) is 9.59 Å².